The van der Waals surface area contributed by atoms with E-state index in [4.69, 9.17) is 9.47 Å². The molecule has 0 spiro atoms. The number of nitrogens with zero attached hydrogens (tertiary/aromatic N) is 1. The lowest BCUT2D eigenvalue weighted by atomic mass is 9.97. The summed E-state index contributed by atoms with van der Waals surface area (Å²) in [6.07, 6.45) is 3.79. The van der Waals surface area contributed by atoms with Crippen LogP contribution in [0.3, 0.4) is 0 Å². The highest BCUT2D eigenvalue weighted by atomic mass is 32.2. The Balaban J connectivity index is 1.99. The highest BCUT2D eigenvalue weighted by Crippen LogP contribution is 2.35. The number of sulfonamides is 1. The van der Waals surface area contributed by atoms with Crippen molar-refractivity contribution >= 4 is 27.7 Å². The van der Waals surface area contributed by atoms with Gasteiger partial charge in [-0.15, -0.1) is 0 Å². The lowest BCUT2D eigenvalue weighted by Gasteiger charge is -2.19. The van der Waals surface area contributed by atoms with Gasteiger partial charge >= 0.3 is 0 Å². The number of halogens is 2. The van der Waals surface area contributed by atoms with Gasteiger partial charge in [-0.1, -0.05) is 0 Å². The second-order valence-corrected chi connectivity index (χ2v) is 8.28. The molecule has 3 rings (SSSR count). The number of anilines is 1. The van der Waals surface area contributed by atoms with Crippen molar-refractivity contribution in [1.29, 1.82) is 0 Å². The van der Waals surface area contributed by atoms with E-state index in [1.165, 1.54) is 37.6 Å². The average molecular weight is 436 g/mol. The number of hydrogen-bond donors (Lipinski definition) is 1. The highest BCUT2D eigenvalue weighted by molar-refractivity contribution is 7.92. The zero-order chi connectivity index (χ0) is 21.9. The Morgan fingerprint density at radius 2 is 1.93 bits per heavy atom. The molecule has 158 valence electrons. The van der Waals surface area contributed by atoms with E-state index >= 15 is 0 Å². The first-order valence-electron chi connectivity index (χ1n) is 8.67. The average Bonchev–Trinajstić information content (AvgIpc) is 2.65. The monoisotopic (exact) mass is 436 g/mol. The van der Waals surface area contributed by atoms with E-state index in [-0.39, 0.29) is 35.1 Å². The van der Waals surface area contributed by atoms with Crippen molar-refractivity contribution in [2.24, 2.45) is 4.99 Å². The minimum Gasteiger partial charge on any atom is -0.454 e. The standard InChI is InChI=1S/C20H18F2N2O5S/c1-28-11-12-7-18(25)20(23-10-12)15-9-14(4-5-17(15)24-30(2,26)27)29-19-6-3-13(21)8-16(19)22/h3-10,20,24H,11H2,1-2H3. The maximum Gasteiger partial charge on any atom is 0.229 e. The zero-order valence-corrected chi connectivity index (χ0v) is 16.9. The van der Waals surface area contributed by atoms with Crippen LogP contribution in [-0.4, -0.2) is 40.4 Å². The second-order valence-electron chi connectivity index (χ2n) is 6.54. The summed E-state index contributed by atoms with van der Waals surface area (Å²) in [5.41, 5.74) is 0.912. The molecule has 2 aromatic carbocycles. The van der Waals surface area contributed by atoms with Crippen molar-refractivity contribution in [3.8, 4) is 11.5 Å². The van der Waals surface area contributed by atoms with Crippen LogP contribution in [0.4, 0.5) is 14.5 Å². The SMILES string of the molecule is COCC1=CC(=O)C(c2cc(Oc3ccc(F)cc3F)ccc2NS(C)(=O)=O)N=C1. The molecule has 1 heterocycles. The van der Waals surface area contributed by atoms with Gasteiger partial charge in [-0.05, 0) is 42.0 Å². The molecule has 0 saturated carbocycles. The molecule has 1 atom stereocenters. The van der Waals surface area contributed by atoms with E-state index in [0.29, 0.717) is 11.6 Å². The molecule has 0 aromatic heterocycles. The smallest absolute Gasteiger partial charge is 0.229 e. The molecule has 1 aliphatic rings. The molecular weight excluding hydrogens is 418 g/mol. The Kier molecular flexibility index (Phi) is 6.28. The summed E-state index contributed by atoms with van der Waals surface area (Å²) in [6, 6.07) is 5.95. The Hall–Kier alpha value is -3.11. The third kappa shape index (κ3) is 5.28. The largest absolute Gasteiger partial charge is 0.454 e. The number of ether oxygens (including phenoxy) is 2. The van der Waals surface area contributed by atoms with Crippen LogP contribution in [0, 0.1) is 11.6 Å². The van der Waals surface area contributed by atoms with Gasteiger partial charge < -0.3 is 9.47 Å². The summed E-state index contributed by atoms with van der Waals surface area (Å²) >= 11 is 0. The van der Waals surface area contributed by atoms with Crippen LogP contribution in [-0.2, 0) is 19.6 Å². The third-order valence-corrected chi connectivity index (χ3v) is 4.62. The van der Waals surface area contributed by atoms with Crippen LogP contribution in [0.5, 0.6) is 11.5 Å². The molecule has 1 unspecified atom stereocenters. The molecule has 10 heteroatoms. The van der Waals surface area contributed by atoms with Gasteiger partial charge in [0.2, 0.25) is 10.0 Å². The van der Waals surface area contributed by atoms with E-state index < -0.39 is 27.7 Å². The number of ketones is 1. The fourth-order valence-electron chi connectivity index (χ4n) is 2.83. The van der Waals surface area contributed by atoms with Crippen LogP contribution in [0.25, 0.3) is 0 Å². The fraction of sp³-hybridized carbons (Fsp3) is 0.200. The molecule has 0 bridgehead atoms. The summed E-state index contributed by atoms with van der Waals surface area (Å²) in [6.45, 7) is 0.198. The number of carbonyl (C=O) groups excluding carboxylic acids is 1. The lowest BCUT2D eigenvalue weighted by molar-refractivity contribution is -0.115. The third-order valence-electron chi connectivity index (χ3n) is 4.03. The molecule has 2 aromatic rings. The predicted octanol–water partition coefficient (Wildman–Crippen LogP) is 3.40. The van der Waals surface area contributed by atoms with E-state index in [1.54, 1.807) is 0 Å². The van der Waals surface area contributed by atoms with E-state index in [0.717, 1.165) is 18.4 Å². The van der Waals surface area contributed by atoms with Crippen molar-refractivity contribution in [1.82, 2.24) is 0 Å². The first-order chi connectivity index (χ1) is 14.2. The van der Waals surface area contributed by atoms with Gasteiger partial charge in [0, 0.05) is 25.0 Å². The topological polar surface area (TPSA) is 94.1 Å². The number of aliphatic imine (C=N–C) groups is 1. The van der Waals surface area contributed by atoms with Crippen molar-refractivity contribution in [2.45, 2.75) is 6.04 Å². The molecular formula is C20H18F2N2O5S. The number of hydrogen-bond acceptors (Lipinski definition) is 6. The van der Waals surface area contributed by atoms with Crippen LogP contribution >= 0.6 is 0 Å². The van der Waals surface area contributed by atoms with Crippen molar-refractivity contribution in [3.63, 3.8) is 0 Å². The van der Waals surface area contributed by atoms with Crippen molar-refractivity contribution < 1.29 is 31.5 Å². The fourth-order valence-corrected chi connectivity index (χ4v) is 3.42. The maximum atomic E-state index is 13.9. The predicted molar refractivity (Wildman–Crippen MR) is 108 cm³/mol. The Morgan fingerprint density at radius 1 is 1.17 bits per heavy atom. The lowest BCUT2D eigenvalue weighted by Crippen LogP contribution is -2.18. The Bertz CT molecular complexity index is 1150. The van der Waals surface area contributed by atoms with Gasteiger partial charge in [0.25, 0.3) is 0 Å². The second kappa shape index (κ2) is 8.72. The Morgan fingerprint density at radius 3 is 2.57 bits per heavy atom. The number of methoxy groups -OCH3 is 1. The number of dihydropyridines is 1. The highest BCUT2D eigenvalue weighted by Gasteiger charge is 2.25. The van der Waals surface area contributed by atoms with Gasteiger partial charge in [0.15, 0.2) is 17.3 Å². The first kappa shape index (κ1) is 21.6. The molecule has 0 saturated heterocycles. The minimum atomic E-state index is -3.65. The molecule has 1 aliphatic heterocycles. The van der Waals surface area contributed by atoms with Crippen LogP contribution in [0.15, 0.2) is 53.0 Å². The number of nitrogens with one attached hydrogen (secondary N) is 1. The number of carbonyl (C=O) groups is 1. The summed E-state index contributed by atoms with van der Waals surface area (Å²) in [5, 5.41) is 0. The molecule has 0 aliphatic carbocycles. The Labute approximate surface area is 172 Å². The van der Waals surface area contributed by atoms with Crippen LogP contribution < -0.4 is 9.46 Å². The van der Waals surface area contributed by atoms with Gasteiger partial charge in [-0.3, -0.25) is 14.5 Å². The van der Waals surface area contributed by atoms with Gasteiger partial charge in [-0.2, -0.15) is 0 Å². The van der Waals surface area contributed by atoms with Crippen LogP contribution in [0.2, 0.25) is 0 Å². The minimum absolute atomic E-state index is 0.115. The van der Waals surface area contributed by atoms with Crippen LogP contribution in [0.1, 0.15) is 11.6 Å². The quantitative estimate of drug-likeness (QED) is 0.718. The molecule has 1 N–H and O–H groups in total. The maximum absolute atomic E-state index is 13.9. The number of benzene rings is 2. The summed E-state index contributed by atoms with van der Waals surface area (Å²) in [7, 11) is -2.17. The number of rotatable bonds is 7. The normalized spacial score (nSPS) is 16.3. The molecule has 0 amide bonds. The van der Waals surface area contributed by atoms with E-state index in [9.17, 15) is 22.0 Å². The first-order valence-corrected chi connectivity index (χ1v) is 10.6. The van der Waals surface area contributed by atoms with Crippen molar-refractivity contribution in [3.05, 3.63) is 65.2 Å². The van der Waals surface area contributed by atoms with Gasteiger partial charge in [-0.25, -0.2) is 17.2 Å². The summed E-state index contributed by atoms with van der Waals surface area (Å²) in [4.78, 5) is 16.8. The summed E-state index contributed by atoms with van der Waals surface area (Å²) in [5.74, 6) is -2.16. The molecule has 0 radical (unpaired) electrons. The molecule has 7 nitrogen and oxygen atoms in total. The van der Waals surface area contributed by atoms with Crippen molar-refractivity contribution in [2.75, 3.05) is 24.7 Å². The van der Waals surface area contributed by atoms with E-state index in [2.05, 4.69) is 9.71 Å². The molecule has 0 fully saturated rings. The van der Waals surface area contributed by atoms with Gasteiger partial charge in [0.05, 0.1) is 18.6 Å². The summed E-state index contributed by atoms with van der Waals surface area (Å²) < 4.78 is 63.3. The van der Waals surface area contributed by atoms with E-state index in [1.807, 2.05) is 0 Å². The van der Waals surface area contributed by atoms with Gasteiger partial charge in [0.1, 0.15) is 17.6 Å². The molecule has 30 heavy (non-hydrogen) atoms. The zero-order valence-electron chi connectivity index (χ0n) is 16.1.